The molecular weight excluding hydrogens is 242 g/mol. The lowest BCUT2D eigenvalue weighted by molar-refractivity contribution is 0.274. The van der Waals surface area contributed by atoms with Gasteiger partial charge in [-0.25, -0.2) is 0 Å². The van der Waals surface area contributed by atoms with E-state index >= 15 is 0 Å². The molecule has 104 valence electrons. The van der Waals surface area contributed by atoms with E-state index in [0.29, 0.717) is 12.1 Å². The monoisotopic (exact) mass is 265 g/mol. The molecule has 1 heteroatoms. The van der Waals surface area contributed by atoms with E-state index < -0.39 is 0 Å². The lowest BCUT2D eigenvalue weighted by Crippen LogP contribution is -2.39. The van der Waals surface area contributed by atoms with Crippen LogP contribution in [0.15, 0.2) is 48.5 Å². The normalized spacial score (nSPS) is 15.8. The predicted octanol–water partition coefficient (Wildman–Crippen LogP) is 4.78. The van der Waals surface area contributed by atoms with Crippen LogP contribution < -0.4 is 5.32 Å². The van der Waals surface area contributed by atoms with E-state index in [4.69, 9.17) is 0 Å². The van der Waals surface area contributed by atoms with Crippen molar-refractivity contribution in [2.45, 2.75) is 39.8 Å². The van der Waals surface area contributed by atoms with Crippen LogP contribution in [0.25, 0.3) is 11.1 Å². The van der Waals surface area contributed by atoms with E-state index in [1.54, 1.807) is 0 Å². The van der Waals surface area contributed by atoms with Gasteiger partial charge < -0.3 is 5.32 Å². The van der Waals surface area contributed by atoms with Crippen LogP contribution in [0.2, 0.25) is 0 Å². The van der Waals surface area contributed by atoms with Gasteiger partial charge in [0.2, 0.25) is 0 Å². The standard InChI is InChI=1S/C19H23N/c1-13(19(2,3)4)20-18-16-11-7-5-9-14(16)15-10-6-8-12-17(15)18/h5-13,18,20H,1-4H3. The van der Waals surface area contributed by atoms with Gasteiger partial charge in [-0.05, 0) is 34.6 Å². The van der Waals surface area contributed by atoms with Crippen molar-refractivity contribution in [1.29, 1.82) is 0 Å². The van der Waals surface area contributed by atoms with Crippen molar-refractivity contribution in [3.05, 3.63) is 59.7 Å². The van der Waals surface area contributed by atoms with Crippen LogP contribution in [-0.4, -0.2) is 6.04 Å². The Labute approximate surface area is 122 Å². The molecule has 0 bridgehead atoms. The van der Waals surface area contributed by atoms with Crippen molar-refractivity contribution in [2.24, 2.45) is 5.41 Å². The molecule has 20 heavy (non-hydrogen) atoms. The second-order valence-corrected chi connectivity index (χ2v) is 6.86. The molecule has 3 rings (SSSR count). The van der Waals surface area contributed by atoms with E-state index in [9.17, 15) is 0 Å². The van der Waals surface area contributed by atoms with Gasteiger partial charge in [0, 0.05) is 6.04 Å². The number of hydrogen-bond acceptors (Lipinski definition) is 1. The van der Waals surface area contributed by atoms with Gasteiger partial charge >= 0.3 is 0 Å². The predicted molar refractivity (Wildman–Crippen MR) is 85.8 cm³/mol. The Kier molecular flexibility index (Phi) is 3.18. The first kappa shape index (κ1) is 13.4. The minimum absolute atomic E-state index is 0.256. The Bertz CT molecular complexity index is 576. The van der Waals surface area contributed by atoms with Crippen LogP contribution in [0.4, 0.5) is 0 Å². The summed E-state index contributed by atoms with van der Waals surface area (Å²) in [6.07, 6.45) is 0. The van der Waals surface area contributed by atoms with Crippen LogP contribution in [0.1, 0.15) is 44.9 Å². The lowest BCUT2D eigenvalue weighted by atomic mass is 9.87. The van der Waals surface area contributed by atoms with Gasteiger partial charge in [0.05, 0.1) is 6.04 Å². The summed E-state index contributed by atoms with van der Waals surface area (Å²) >= 11 is 0. The molecular formula is C19H23N. The van der Waals surface area contributed by atoms with Gasteiger partial charge in [-0.3, -0.25) is 0 Å². The van der Waals surface area contributed by atoms with Crippen molar-refractivity contribution < 1.29 is 0 Å². The molecule has 0 saturated heterocycles. The summed E-state index contributed by atoms with van der Waals surface area (Å²) in [5, 5.41) is 3.83. The highest BCUT2D eigenvalue weighted by atomic mass is 15.0. The molecule has 0 saturated carbocycles. The van der Waals surface area contributed by atoms with E-state index in [-0.39, 0.29) is 5.41 Å². The molecule has 1 atom stereocenters. The third-order valence-electron chi connectivity index (χ3n) is 4.55. The van der Waals surface area contributed by atoms with E-state index in [0.717, 1.165) is 0 Å². The van der Waals surface area contributed by atoms with Crippen LogP contribution >= 0.6 is 0 Å². The Morgan fingerprint density at radius 2 is 1.30 bits per heavy atom. The molecule has 1 unspecified atom stereocenters. The molecule has 0 heterocycles. The van der Waals surface area contributed by atoms with Gasteiger partial charge in [0.25, 0.3) is 0 Å². The van der Waals surface area contributed by atoms with Gasteiger partial charge in [0.15, 0.2) is 0 Å². The molecule has 1 N–H and O–H groups in total. The van der Waals surface area contributed by atoms with Crippen LogP contribution in [-0.2, 0) is 0 Å². The van der Waals surface area contributed by atoms with Crippen molar-refractivity contribution in [3.8, 4) is 11.1 Å². The fourth-order valence-corrected chi connectivity index (χ4v) is 2.84. The Balaban J connectivity index is 2.03. The zero-order chi connectivity index (χ0) is 14.3. The molecule has 0 amide bonds. The maximum absolute atomic E-state index is 3.83. The molecule has 0 fully saturated rings. The molecule has 0 radical (unpaired) electrons. The van der Waals surface area contributed by atoms with Crippen molar-refractivity contribution >= 4 is 0 Å². The van der Waals surface area contributed by atoms with Crippen LogP contribution in [0.5, 0.6) is 0 Å². The zero-order valence-electron chi connectivity index (χ0n) is 12.8. The highest BCUT2D eigenvalue weighted by molar-refractivity contribution is 5.78. The van der Waals surface area contributed by atoms with Crippen molar-refractivity contribution in [1.82, 2.24) is 5.32 Å². The van der Waals surface area contributed by atoms with E-state index in [1.807, 2.05) is 0 Å². The smallest absolute Gasteiger partial charge is 0.0591 e. The Hall–Kier alpha value is -1.60. The Morgan fingerprint density at radius 3 is 1.75 bits per heavy atom. The number of nitrogens with one attached hydrogen (secondary N) is 1. The van der Waals surface area contributed by atoms with Crippen LogP contribution in [0.3, 0.4) is 0 Å². The highest BCUT2D eigenvalue weighted by Gasteiger charge is 2.31. The minimum atomic E-state index is 0.256. The summed E-state index contributed by atoms with van der Waals surface area (Å²) in [5.74, 6) is 0. The highest BCUT2D eigenvalue weighted by Crippen LogP contribution is 2.43. The van der Waals surface area contributed by atoms with Crippen molar-refractivity contribution in [3.63, 3.8) is 0 Å². The average molecular weight is 265 g/mol. The molecule has 2 aromatic carbocycles. The summed E-state index contributed by atoms with van der Waals surface area (Å²) in [4.78, 5) is 0. The van der Waals surface area contributed by atoms with Gasteiger partial charge in [-0.15, -0.1) is 0 Å². The van der Waals surface area contributed by atoms with Gasteiger partial charge in [0.1, 0.15) is 0 Å². The number of benzene rings is 2. The average Bonchev–Trinajstić information content (AvgIpc) is 2.73. The van der Waals surface area contributed by atoms with Crippen molar-refractivity contribution in [2.75, 3.05) is 0 Å². The number of rotatable bonds is 2. The molecule has 2 aromatic rings. The summed E-state index contributed by atoms with van der Waals surface area (Å²) in [6.45, 7) is 9.15. The summed E-state index contributed by atoms with van der Waals surface area (Å²) in [7, 11) is 0. The molecule has 1 nitrogen and oxygen atoms in total. The second kappa shape index (κ2) is 4.75. The second-order valence-electron chi connectivity index (χ2n) is 6.86. The first-order chi connectivity index (χ1) is 9.48. The molecule has 1 aliphatic carbocycles. The topological polar surface area (TPSA) is 12.0 Å². The van der Waals surface area contributed by atoms with Gasteiger partial charge in [-0.1, -0.05) is 69.3 Å². The summed E-state index contributed by atoms with van der Waals surface area (Å²) in [6, 6.07) is 18.3. The quantitative estimate of drug-likeness (QED) is 0.824. The molecule has 1 aliphatic rings. The first-order valence-corrected chi connectivity index (χ1v) is 7.43. The van der Waals surface area contributed by atoms with Crippen LogP contribution in [0, 0.1) is 5.41 Å². The molecule has 0 aromatic heterocycles. The third kappa shape index (κ3) is 2.16. The first-order valence-electron chi connectivity index (χ1n) is 7.43. The number of fused-ring (bicyclic) bond motifs is 3. The van der Waals surface area contributed by atoms with E-state index in [2.05, 4.69) is 81.5 Å². The summed E-state index contributed by atoms with van der Waals surface area (Å²) < 4.78 is 0. The van der Waals surface area contributed by atoms with Gasteiger partial charge in [-0.2, -0.15) is 0 Å². The summed E-state index contributed by atoms with van der Waals surface area (Å²) in [5.41, 5.74) is 5.82. The third-order valence-corrected chi connectivity index (χ3v) is 4.55. The fourth-order valence-electron chi connectivity index (χ4n) is 2.84. The zero-order valence-corrected chi connectivity index (χ0v) is 12.8. The Morgan fingerprint density at radius 1 is 0.850 bits per heavy atom. The SMILES string of the molecule is CC(NC1c2ccccc2-c2ccccc21)C(C)(C)C. The maximum Gasteiger partial charge on any atom is 0.0591 e. The minimum Gasteiger partial charge on any atom is -0.303 e. The van der Waals surface area contributed by atoms with E-state index in [1.165, 1.54) is 22.3 Å². The fraction of sp³-hybridized carbons (Fsp3) is 0.368. The molecule has 0 aliphatic heterocycles. The lowest BCUT2D eigenvalue weighted by Gasteiger charge is -2.31. The molecule has 0 spiro atoms. The number of hydrogen-bond donors (Lipinski definition) is 1. The maximum atomic E-state index is 3.83. The largest absolute Gasteiger partial charge is 0.303 e.